The molecular formula is C17H25N3. The van der Waals surface area contributed by atoms with Gasteiger partial charge in [-0.05, 0) is 49.4 Å². The third-order valence-electron chi connectivity index (χ3n) is 4.24. The van der Waals surface area contributed by atoms with Gasteiger partial charge in [-0.1, -0.05) is 26.0 Å². The van der Waals surface area contributed by atoms with Crippen molar-refractivity contribution in [3.8, 4) is 6.07 Å². The van der Waals surface area contributed by atoms with E-state index in [4.69, 9.17) is 0 Å². The van der Waals surface area contributed by atoms with Crippen LogP contribution in [0.25, 0.3) is 0 Å². The van der Waals surface area contributed by atoms with Crippen LogP contribution in [-0.4, -0.2) is 25.7 Å². The number of nitriles is 1. The van der Waals surface area contributed by atoms with E-state index in [9.17, 15) is 5.26 Å². The van der Waals surface area contributed by atoms with Crippen LogP contribution in [0.3, 0.4) is 0 Å². The van der Waals surface area contributed by atoms with Gasteiger partial charge in [-0.25, -0.2) is 0 Å². The van der Waals surface area contributed by atoms with Crippen molar-refractivity contribution in [2.45, 2.75) is 38.6 Å². The molecule has 1 unspecified atom stereocenters. The van der Waals surface area contributed by atoms with Crippen LogP contribution in [0.15, 0.2) is 24.3 Å². The monoisotopic (exact) mass is 271 g/mol. The molecule has 3 nitrogen and oxygen atoms in total. The van der Waals surface area contributed by atoms with Crippen LogP contribution >= 0.6 is 0 Å². The molecule has 1 aromatic carbocycles. The van der Waals surface area contributed by atoms with Gasteiger partial charge >= 0.3 is 0 Å². The van der Waals surface area contributed by atoms with Gasteiger partial charge in [-0.2, -0.15) is 5.26 Å². The summed E-state index contributed by atoms with van der Waals surface area (Å²) in [5.74, 6) is 0.504. The van der Waals surface area contributed by atoms with E-state index < -0.39 is 5.54 Å². The minimum atomic E-state index is -0.396. The van der Waals surface area contributed by atoms with Gasteiger partial charge in [0.15, 0.2) is 0 Å². The molecule has 0 aliphatic heterocycles. The van der Waals surface area contributed by atoms with Crippen molar-refractivity contribution in [1.29, 1.82) is 5.26 Å². The quantitative estimate of drug-likeness (QED) is 0.828. The summed E-state index contributed by atoms with van der Waals surface area (Å²) < 4.78 is 0. The molecule has 0 aromatic heterocycles. The summed E-state index contributed by atoms with van der Waals surface area (Å²) in [6.45, 7) is 5.82. The maximum atomic E-state index is 9.66. The lowest BCUT2D eigenvalue weighted by molar-refractivity contribution is 0.377. The molecule has 1 aliphatic carbocycles. The van der Waals surface area contributed by atoms with Gasteiger partial charge in [0.2, 0.25) is 0 Å². The third kappa shape index (κ3) is 3.13. The van der Waals surface area contributed by atoms with E-state index in [2.05, 4.69) is 61.4 Å². The van der Waals surface area contributed by atoms with Crippen LogP contribution in [-0.2, 0) is 6.42 Å². The molecule has 1 aliphatic rings. The van der Waals surface area contributed by atoms with E-state index in [1.165, 1.54) is 24.1 Å². The first kappa shape index (κ1) is 14.9. The molecule has 108 valence electrons. The second-order valence-electron chi connectivity index (χ2n) is 5.76. The number of anilines is 1. The Kier molecular flexibility index (Phi) is 4.67. The first-order valence-electron chi connectivity index (χ1n) is 7.61. The van der Waals surface area contributed by atoms with Gasteiger partial charge < -0.3 is 4.90 Å². The minimum absolute atomic E-state index is 0.396. The lowest BCUT2D eigenvalue weighted by atomic mass is 9.94. The van der Waals surface area contributed by atoms with Gasteiger partial charge in [-0.3, -0.25) is 5.32 Å². The number of aryl methyl sites for hydroxylation is 1. The lowest BCUT2D eigenvalue weighted by Gasteiger charge is -2.33. The molecule has 20 heavy (non-hydrogen) atoms. The smallest absolute Gasteiger partial charge is 0.127 e. The van der Waals surface area contributed by atoms with E-state index in [0.29, 0.717) is 5.92 Å². The first-order chi connectivity index (χ1) is 9.65. The molecule has 0 heterocycles. The Labute approximate surface area is 122 Å². The van der Waals surface area contributed by atoms with Crippen molar-refractivity contribution in [1.82, 2.24) is 5.32 Å². The van der Waals surface area contributed by atoms with Crippen LogP contribution < -0.4 is 10.2 Å². The standard InChI is InChI=1S/C17H25N3/c1-4-14-6-10-16(11-7-14)20(3)13-17(12-18,19-5-2)15-8-9-15/h6-7,10-11,15,19H,4-5,8-9,13H2,1-3H3. The van der Waals surface area contributed by atoms with Crippen molar-refractivity contribution in [3.05, 3.63) is 29.8 Å². The number of nitrogens with zero attached hydrogens (tertiary/aromatic N) is 2. The second-order valence-corrected chi connectivity index (χ2v) is 5.76. The van der Waals surface area contributed by atoms with E-state index in [0.717, 1.165) is 19.5 Å². The summed E-state index contributed by atoms with van der Waals surface area (Å²) in [5, 5.41) is 13.1. The van der Waals surface area contributed by atoms with Crippen LogP contribution in [0.1, 0.15) is 32.3 Å². The van der Waals surface area contributed by atoms with Crippen molar-refractivity contribution >= 4 is 5.69 Å². The molecule has 1 saturated carbocycles. The zero-order valence-electron chi connectivity index (χ0n) is 12.8. The largest absolute Gasteiger partial charge is 0.372 e. The molecule has 0 spiro atoms. The average Bonchev–Trinajstić information content (AvgIpc) is 3.31. The van der Waals surface area contributed by atoms with Crippen molar-refractivity contribution < 1.29 is 0 Å². The zero-order valence-corrected chi connectivity index (χ0v) is 12.8. The number of likely N-dealkylation sites (N-methyl/N-ethyl adjacent to an activating group) is 2. The molecule has 3 heteroatoms. The molecule has 0 bridgehead atoms. The highest BCUT2D eigenvalue weighted by atomic mass is 15.2. The fourth-order valence-electron chi connectivity index (χ4n) is 2.84. The number of rotatable bonds is 7. The van der Waals surface area contributed by atoms with Gasteiger partial charge in [0.25, 0.3) is 0 Å². The van der Waals surface area contributed by atoms with Crippen LogP contribution in [0, 0.1) is 17.2 Å². The van der Waals surface area contributed by atoms with E-state index >= 15 is 0 Å². The Morgan fingerprint density at radius 2 is 1.95 bits per heavy atom. The lowest BCUT2D eigenvalue weighted by Crippen LogP contribution is -2.53. The Hall–Kier alpha value is -1.53. The molecule has 1 aromatic rings. The average molecular weight is 271 g/mol. The Bertz CT molecular complexity index is 470. The number of hydrogen-bond acceptors (Lipinski definition) is 3. The Morgan fingerprint density at radius 3 is 2.40 bits per heavy atom. The summed E-state index contributed by atoms with van der Waals surface area (Å²) in [7, 11) is 2.08. The predicted octanol–water partition coefficient (Wildman–Crippen LogP) is 2.97. The number of benzene rings is 1. The topological polar surface area (TPSA) is 39.1 Å². The normalized spacial score (nSPS) is 17.3. The van der Waals surface area contributed by atoms with Crippen LogP contribution in [0.2, 0.25) is 0 Å². The fourth-order valence-corrected chi connectivity index (χ4v) is 2.84. The summed E-state index contributed by atoms with van der Waals surface area (Å²) >= 11 is 0. The fraction of sp³-hybridized carbons (Fsp3) is 0.588. The summed E-state index contributed by atoms with van der Waals surface area (Å²) in [6, 6.07) is 11.2. The van der Waals surface area contributed by atoms with Crippen molar-refractivity contribution in [2.24, 2.45) is 5.92 Å². The van der Waals surface area contributed by atoms with Crippen molar-refractivity contribution in [3.63, 3.8) is 0 Å². The Balaban J connectivity index is 2.11. The number of hydrogen-bond donors (Lipinski definition) is 1. The summed E-state index contributed by atoms with van der Waals surface area (Å²) in [6.07, 6.45) is 3.40. The highest BCUT2D eigenvalue weighted by Crippen LogP contribution is 2.40. The summed E-state index contributed by atoms with van der Waals surface area (Å²) in [5.41, 5.74) is 2.13. The van der Waals surface area contributed by atoms with E-state index in [-0.39, 0.29) is 0 Å². The first-order valence-corrected chi connectivity index (χ1v) is 7.61. The number of nitrogens with one attached hydrogen (secondary N) is 1. The van der Waals surface area contributed by atoms with Crippen LogP contribution in [0.5, 0.6) is 0 Å². The van der Waals surface area contributed by atoms with Gasteiger partial charge in [0.1, 0.15) is 5.54 Å². The molecule has 0 radical (unpaired) electrons. The molecule has 0 amide bonds. The molecular weight excluding hydrogens is 246 g/mol. The maximum Gasteiger partial charge on any atom is 0.127 e. The SMILES string of the molecule is CCNC(C#N)(CN(C)c1ccc(CC)cc1)C1CC1. The molecule has 2 rings (SSSR count). The molecule has 1 atom stereocenters. The Morgan fingerprint density at radius 1 is 1.30 bits per heavy atom. The maximum absolute atomic E-state index is 9.66. The minimum Gasteiger partial charge on any atom is -0.372 e. The predicted molar refractivity (Wildman–Crippen MR) is 83.8 cm³/mol. The van der Waals surface area contributed by atoms with E-state index in [1.54, 1.807) is 0 Å². The van der Waals surface area contributed by atoms with Gasteiger partial charge in [0, 0.05) is 19.3 Å². The zero-order chi connectivity index (χ0) is 14.6. The second kappa shape index (κ2) is 6.28. The van der Waals surface area contributed by atoms with Gasteiger partial charge in [0.05, 0.1) is 6.07 Å². The highest BCUT2D eigenvalue weighted by Gasteiger charge is 2.45. The summed E-state index contributed by atoms with van der Waals surface area (Å²) in [4.78, 5) is 2.20. The highest BCUT2D eigenvalue weighted by molar-refractivity contribution is 5.48. The molecule has 0 saturated heterocycles. The third-order valence-corrected chi connectivity index (χ3v) is 4.24. The molecule has 1 N–H and O–H groups in total. The van der Waals surface area contributed by atoms with Crippen molar-refractivity contribution in [2.75, 3.05) is 25.0 Å². The van der Waals surface area contributed by atoms with Gasteiger partial charge in [-0.15, -0.1) is 0 Å². The van der Waals surface area contributed by atoms with Crippen LogP contribution in [0.4, 0.5) is 5.69 Å². The molecule has 1 fully saturated rings. The van der Waals surface area contributed by atoms with E-state index in [1.807, 2.05) is 0 Å².